The van der Waals surface area contributed by atoms with Crippen LogP contribution in [0.1, 0.15) is 36.0 Å². The number of sulfonamides is 1. The first-order valence-corrected chi connectivity index (χ1v) is 10.8. The lowest BCUT2D eigenvalue weighted by Crippen LogP contribution is -2.31. The number of benzene rings is 2. The average Bonchev–Trinajstić information content (AvgIpc) is 3.10. The fourth-order valence-corrected chi connectivity index (χ4v) is 3.89. The maximum atomic E-state index is 12.2. The topological polar surface area (TPSA) is 89.5 Å². The highest BCUT2D eigenvalue weighted by Gasteiger charge is 2.32. The molecule has 0 saturated heterocycles. The van der Waals surface area contributed by atoms with E-state index in [0.29, 0.717) is 0 Å². The molecule has 6 nitrogen and oxygen atoms in total. The Morgan fingerprint density at radius 1 is 1.10 bits per heavy atom. The van der Waals surface area contributed by atoms with Gasteiger partial charge in [-0.3, -0.25) is 14.3 Å². The van der Waals surface area contributed by atoms with Crippen molar-refractivity contribution in [1.82, 2.24) is 4.72 Å². The molecule has 0 aliphatic carbocycles. The molecule has 0 aromatic heterocycles. The third-order valence-electron chi connectivity index (χ3n) is 4.44. The number of carbonyl (C=O) groups excluding carboxylic acids is 2. The molecule has 0 radical (unpaired) electrons. The summed E-state index contributed by atoms with van der Waals surface area (Å²) in [5, 5.41) is 0. The smallest absolute Gasteiger partial charge is 0.322 e. The first kappa shape index (κ1) is 20.5. The first-order chi connectivity index (χ1) is 13.9. The van der Waals surface area contributed by atoms with E-state index in [9.17, 15) is 18.0 Å². The van der Waals surface area contributed by atoms with E-state index >= 15 is 0 Å². The number of amides is 1. The van der Waals surface area contributed by atoms with Gasteiger partial charge in [0.15, 0.2) is 0 Å². The van der Waals surface area contributed by atoms with Crippen LogP contribution in [0.15, 0.2) is 66.9 Å². The Balaban J connectivity index is 1.70. The van der Waals surface area contributed by atoms with E-state index in [1.54, 1.807) is 13.0 Å². The molecule has 0 fully saturated rings. The van der Waals surface area contributed by atoms with Gasteiger partial charge in [-0.1, -0.05) is 73.7 Å². The second kappa shape index (κ2) is 8.87. The normalized spacial score (nSPS) is 16.5. The van der Waals surface area contributed by atoms with Gasteiger partial charge in [0.25, 0.3) is 0 Å². The van der Waals surface area contributed by atoms with Gasteiger partial charge in [-0.05, 0) is 16.7 Å². The lowest BCUT2D eigenvalue weighted by molar-refractivity contribution is -0.136. The highest BCUT2D eigenvalue weighted by molar-refractivity contribution is 7.90. The van der Waals surface area contributed by atoms with Crippen LogP contribution < -0.4 is 4.72 Å². The number of carbonyl (C=O) groups is 2. The maximum absolute atomic E-state index is 12.2. The summed E-state index contributed by atoms with van der Waals surface area (Å²) in [7, 11) is -3.68. The molecule has 150 valence electrons. The van der Waals surface area contributed by atoms with Gasteiger partial charge in [-0.2, -0.15) is 0 Å². The van der Waals surface area contributed by atoms with Gasteiger partial charge in [0, 0.05) is 12.0 Å². The Morgan fingerprint density at radius 3 is 2.45 bits per heavy atom. The fraction of sp³-hybridized carbons (Fsp3) is 0.182. The summed E-state index contributed by atoms with van der Waals surface area (Å²) in [6, 6.07) is 16.8. The summed E-state index contributed by atoms with van der Waals surface area (Å²) in [4.78, 5) is 23.4. The van der Waals surface area contributed by atoms with Crippen LogP contribution in [0.5, 0.6) is 0 Å². The molecule has 3 rings (SSSR count). The Hall–Kier alpha value is -3.19. The van der Waals surface area contributed by atoms with E-state index < -0.39 is 21.8 Å². The van der Waals surface area contributed by atoms with Crippen LogP contribution in [0.2, 0.25) is 0 Å². The van der Waals surface area contributed by atoms with Crippen LogP contribution in [0.4, 0.5) is 0 Å². The SMILES string of the molecule is CCC(=O)NS(=O)(=O)CC=Cc1ccc(C2=COC(=O)C2c2ccccc2)cc1. The summed E-state index contributed by atoms with van der Waals surface area (Å²) in [6.45, 7) is 1.59. The molecule has 1 N–H and O–H groups in total. The molecule has 0 spiro atoms. The Morgan fingerprint density at radius 2 is 1.79 bits per heavy atom. The zero-order valence-electron chi connectivity index (χ0n) is 15.9. The second-order valence-electron chi connectivity index (χ2n) is 6.54. The van der Waals surface area contributed by atoms with E-state index in [1.165, 1.54) is 12.3 Å². The molecular weight excluding hydrogens is 390 g/mol. The van der Waals surface area contributed by atoms with Crippen molar-refractivity contribution >= 4 is 33.5 Å². The summed E-state index contributed by atoms with van der Waals surface area (Å²) >= 11 is 0. The lowest BCUT2D eigenvalue weighted by atomic mass is 9.88. The van der Waals surface area contributed by atoms with Crippen molar-refractivity contribution in [1.29, 1.82) is 0 Å². The van der Waals surface area contributed by atoms with Crippen molar-refractivity contribution in [2.75, 3.05) is 5.75 Å². The standard InChI is InChI=1S/C22H21NO5S/c1-2-20(24)23-29(26,27)14-6-7-16-10-12-17(13-11-16)19-15-28-22(25)21(19)18-8-4-3-5-9-18/h3-13,15,21H,2,14H2,1H3,(H,23,24). The molecule has 1 unspecified atom stereocenters. The third-order valence-corrected chi connectivity index (χ3v) is 5.61. The number of rotatable bonds is 7. The highest BCUT2D eigenvalue weighted by atomic mass is 32.2. The number of nitrogens with one attached hydrogen (secondary N) is 1. The predicted octanol–water partition coefficient (Wildman–Crippen LogP) is 3.24. The minimum absolute atomic E-state index is 0.108. The Bertz CT molecular complexity index is 1050. The summed E-state index contributed by atoms with van der Waals surface area (Å²) in [5.41, 5.74) is 3.30. The van der Waals surface area contributed by atoms with Crippen molar-refractivity contribution in [3.63, 3.8) is 0 Å². The van der Waals surface area contributed by atoms with Crippen molar-refractivity contribution in [2.45, 2.75) is 19.3 Å². The zero-order valence-corrected chi connectivity index (χ0v) is 16.7. The van der Waals surface area contributed by atoms with Crippen molar-refractivity contribution in [3.05, 3.63) is 83.6 Å². The minimum atomic E-state index is -3.68. The second-order valence-corrected chi connectivity index (χ2v) is 8.31. The van der Waals surface area contributed by atoms with Crippen LogP contribution in [-0.4, -0.2) is 26.0 Å². The summed E-state index contributed by atoms with van der Waals surface area (Å²) in [6.07, 6.45) is 4.73. The third kappa shape index (κ3) is 5.20. The van der Waals surface area contributed by atoms with Gasteiger partial charge in [0.05, 0.1) is 12.0 Å². The molecule has 1 atom stereocenters. The lowest BCUT2D eigenvalue weighted by Gasteiger charge is -2.12. The van der Waals surface area contributed by atoms with Gasteiger partial charge in [-0.25, -0.2) is 8.42 Å². The van der Waals surface area contributed by atoms with Crippen LogP contribution in [0.25, 0.3) is 11.6 Å². The van der Waals surface area contributed by atoms with E-state index in [1.807, 2.05) is 59.3 Å². The Kier molecular flexibility index (Phi) is 6.29. The molecule has 1 amide bonds. The number of hydrogen-bond acceptors (Lipinski definition) is 5. The minimum Gasteiger partial charge on any atom is -0.433 e. The molecular formula is C22H21NO5S. The molecule has 0 bridgehead atoms. The molecule has 29 heavy (non-hydrogen) atoms. The molecule has 2 aromatic carbocycles. The molecule has 7 heteroatoms. The number of hydrogen-bond donors (Lipinski definition) is 1. The van der Waals surface area contributed by atoms with Crippen molar-refractivity contribution in [2.24, 2.45) is 0 Å². The number of ether oxygens (including phenoxy) is 1. The number of cyclic esters (lactones) is 1. The van der Waals surface area contributed by atoms with E-state index in [0.717, 1.165) is 22.3 Å². The van der Waals surface area contributed by atoms with Crippen molar-refractivity contribution < 1.29 is 22.7 Å². The van der Waals surface area contributed by atoms with Gasteiger partial charge in [0.2, 0.25) is 15.9 Å². The predicted molar refractivity (Wildman–Crippen MR) is 111 cm³/mol. The molecule has 1 heterocycles. The van der Waals surface area contributed by atoms with Gasteiger partial charge in [-0.15, -0.1) is 0 Å². The van der Waals surface area contributed by atoms with Crippen LogP contribution in [0.3, 0.4) is 0 Å². The first-order valence-electron chi connectivity index (χ1n) is 9.15. The van der Waals surface area contributed by atoms with E-state index in [4.69, 9.17) is 4.74 Å². The zero-order chi connectivity index (χ0) is 20.9. The van der Waals surface area contributed by atoms with Crippen LogP contribution in [-0.2, 0) is 24.3 Å². The maximum Gasteiger partial charge on any atom is 0.322 e. The summed E-state index contributed by atoms with van der Waals surface area (Å²) < 4.78 is 30.7. The number of esters is 1. The fourth-order valence-electron chi connectivity index (χ4n) is 2.97. The Labute approximate surface area is 170 Å². The highest BCUT2D eigenvalue weighted by Crippen LogP contribution is 2.37. The monoisotopic (exact) mass is 411 g/mol. The largest absolute Gasteiger partial charge is 0.433 e. The molecule has 1 aliphatic rings. The molecule has 1 aliphatic heterocycles. The molecule has 2 aromatic rings. The molecule has 0 saturated carbocycles. The van der Waals surface area contributed by atoms with Gasteiger partial charge in [0.1, 0.15) is 5.92 Å². The quantitative estimate of drug-likeness (QED) is 0.707. The van der Waals surface area contributed by atoms with E-state index in [2.05, 4.69) is 0 Å². The summed E-state index contributed by atoms with van der Waals surface area (Å²) in [5.74, 6) is -1.60. The van der Waals surface area contributed by atoms with Crippen molar-refractivity contribution in [3.8, 4) is 0 Å². The van der Waals surface area contributed by atoms with Crippen LogP contribution in [0, 0.1) is 0 Å². The van der Waals surface area contributed by atoms with Gasteiger partial charge < -0.3 is 4.74 Å². The van der Waals surface area contributed by atoms with Crippen LogP contribution >= 0.6 is 0 Å². The van der Waals surface area contributed by atoms with E-state index in [-0.39, 0.29) is 18.1 Å². The average molecular weight is 411 g/mol. The van der Waals surface area contributed by atoms with Gasteiger partial charge >= 0.3 is 5.97 Å².